The molecule has 2 rings (SSSR count). The maximum atomic E-state index is 11.5. The lowest BCUT2D eigenvalue weighted by Crippen LogP contribution is -2.28. The monoisotopic (exact) mass is 265 g/mol. The number of ether oxygens (including phenoxy) is 1. The van der Waals surface area contributed by atoms with Gasteiger partial charge in [0.25, 0.3) is 5.91 Å². The first kappa shape index (κ1) is 12.4. The Bertz CT molecular complexity index is 514. The summed E-state index contributed by atoms with van der Waals surface area (Å²) in [5.74, 6) is 0.365. The summed E-state index contributed by atoms with van der Waals surface area (Å²) < 4.78 is 5.30. The van der Waals surface area contributed by atoms with Crippen LogP contribution >= 0.6 is 11.6 Å². The average Bonchev–Trinajstić information content (AvgIpc) is 2.87. The van der Waals surface area contributed by atoms with E-state index >= 15 is 0 Å². The van der Waals surface area contributed by atoms with Gasteiger partial charge in [-0.1, -0.05) is 17.7 Å². The molecular weight excluding hydrogens is 254 g/mol. The molecule has 0 bridgehead atoms. The molecule has 1 amide bonds. The van der Waals surface area contributed by atoms with Crippen LogP contribution in [0.15, 0.2) is 36.8 Å². The van der Waals surface area contributed by atoms with Gasteiger partial charge in [0.15, 0.2) is 6.61 Å². The summed E-state index contributed by atoms with van der Waals surface area (Å²) in [6.07, 6.45) is 3.21. The Morgan fingerprint density at radius 3 is 3.11 bits per heavy atom. The molecule has 0 radical (unpaired) electrons. The predicted molar refractivity (Wildman–Crippen MR) is 67.4 cm³/mol. The van der Waals surface area contributed by atoms with Gasteiger partial charge in [0.2, 0.25) is 0 Å². The number of hydrogen-bond acceptors (Lipinski definition) is 3. The number of nitrogens with one attached hydrogen (secondary N) is 2. The molecule has 94 valence electrons. The number of carbonyl (C=O) groups is 1. The van der Waals surface area contributed by atoms with E-state index in [9.17, 15) is 4.79 Å². The summed E-state index contributed by atoms with van der Waals surface area (Å²) in [4.78, 5) is 18.2. The minimum Gasteiger partial charge on any atom is -0.484 e. The van der Waals surface area contributed by atoms with Gasteiger partial charge in [-0.15, -0.1) is 0 Å². The molecule has 0 aliphatic rings. The molecule has 2 aromatic rings. The number of aromatic nitrogens is 2. The number of imidazole rings is 1. The smallest absolute Gasteiger partial charge is 0.258 e. The highest BCUT2D eigenvalue weighted by Crippen LogP contribution is 2.16. The average molecular weight is 266 g/mol. The molecule has 6 heteroatoms. The van der Waals surface area contributed by atoms with Crippen LogP contribution < -0.4 is 10.1 Å². The van der Waals surface area contributed by atoms with Gasteiger partial charge >= 0.3 is 0 Å². The second-order valence-corrected chi connectivity index (χ2v) is 4.04. The standard InChI is InChI=1S/C12H12ClN3O2/c13-9-2-1-3-11(4-9)18-7-12(17)15-6-10-5-14-8-16-10/h1-5,8H,6-7H2,(H,14,16)(H,15,17). The third kappa shape index (κ3) is 3.78. The van der Waals surface area contributed by atoms with E-state index < -0.39 is 0 Å². The van der Waals surface area contributed by atoms with E-state index in [2.05, 4.69) is 15.3 Å². The van der Waals surface area contributed by atoms with Gasteiger partial charge in [-0.3, -0.25) is 4.79 Å². The van der Waals surface area contributed by atoms with Crippen LogP contribution in [0.2, 0.25) is 5.02 Å². The Balaban J connectivity index is 1.75. The highest BCUT2D eigenvalue weighted by molar-refractivity contribution is 6.30. The molecule has 0 saturated heterocycles. The molecule has 0 spiro atoms. The van der Waals surface area contributed by atoms with Crippen molar-refractivity contribution in [2.75, 3.05) is 6.61 Å². The van der Waals surface area contributed by atoms with Crippen molar-refractivity contribution in [2.24, 2.45) is 0 Å². The molecule has 5 nitrogen and oxygen atoms in total. The zero-order chi connectivity index (χ0) is 12.8. The number of amides is 1. The fourth-order valence-corrected chi connectivity index (χ4v) is 1.51. The first-order valence-corrected chi connectivity index (χ1v) is 5.74. The molecule has 18 heavy (non-hydrogen) atoms. The number of H-pyrrole nitrogens is 1. The van der Waals surface area contributed by atoms with Crippen molar-refractivity contribution in [3.8, 4) is 5.75 Å². The molecule has 1 heterocycles. The minimum atomic E-state index is -0.204. The second-order valence-electron chi connectivity index (χ2n) is 3.60. The first-order valence-electron chi connectivity index (χ1n) is 5.36. The maximum absolute atomic E-state index is 11.5. The van der Waals surface area contributed by atoms with Crippen LogP contribution in [0.1, 0.15) is 5.69 Å². The summed E-state index contributed by atoms with van der Waals surface area (Å²) >= 11 is 5.80. The van der Waals surface area contributed by atoms with Crippen molar-refractivity contribution in [3.05, 3.63) is 47.5 Å². The van der Waals surface area contributed by atoms with E-state index in [0.717, 1.165) is 5.69 Å². The molecule has 2 N–H and O–H groups in total. The zero-order valence-electron chi connectivity index (χ0n) is 9.52. The van der Waals surface area contributed by atoms with Crippen LogP contribution in [0.5, 0.6) is 5.75 Å². The SMILES string of the molecule is O=C(COc1cccc(Cl)c1)NCc1cnc[nH]1. The number of carbonyl (C=O) groups excluding carboxylic acids is 1. The van der Waals surface area contributed by atoms with Crippen molar-refractivity contribution in [3.63, 3.8) is 0 Å². The third-order valence-corrected chi connectivity index (χ3v) is 2.43. The van der Waals surface area contributed by atoms with Gasteiger partial charge in [0.05, 0.1) is 18.6 Å². The minimum absolute atomic E-state index is 0.0471. The van der Waals surface area contributed by atoms with Gasteiger partial charge in [0.1, 0.15) is 5.75 Å². The maximum Gasteiger partial charge on any atom is 0.258 e. The van der Waals surface area contributed by atoms with Crippen molar-refractivity contribution in [2.45, 2.75) is 6.54 Å². The Kier molecular flexibility index (Phi) is 4.20. The van der Waals surface area contributed by atoms with Crippen LogP contribution in [-0.4, -0.2) is 22.5 Å². The van der Waals surface area contributed by atoms with Crippen LogP contribution in [-0.2, 0) is 11.3 Å². The van der Waals surface area contributed by atoms with Crippen molar-refractivity contribution in [1.82, 2.24) is 15.3 Å². The van der Waals surface area contributed by atoms with Crippen molar-refractivity contribution in [1.29, 1.82) is 0 Å². The Morgan fingerprint density at radius 2 is 2.39 bits per heavy atom. The Labute approximate surface area is 109 Å². The highest BCUT2D eigenvalue weighted by Gasteiger charge is 2.03. The molecule has 0 atom stereocenters. The van der Waals surface area contributed by atoms with E-state index in [1.165, 1.54) is 0 Å². The molecule has 1 aromatic carbocycles. The van der Waals surface area contributed by atoms with Crippen LogP contribution in [0, 0.1) is 0 Å². The fraction of sp³-hybridized carbons (Fsp3) is 0.167. The highest BCUT2D eigenvalue weighted by atomic mass is 35.5. The number of nitrogens with zero attached hydrogens (tertiary/aromatic N) is 1. The van der Waals surface area contributed by atoms with Crippen molar-refractivity contribution >= 4 is 17.5 Å². The second kappa shape index (κ2) is 6.07. The van der Waals surface area contributed by atoms with E-state index in [0.29, 0.717) is 17.3 Å². The number of benzene rings is 1. The summed E-state index contributed by atoms with van der Waals surface area (Å²) in [7, 11) is 0. The lowest BCUT2D eigenvalue weighted by atomic mass is 10.3. The largest absolute Gasteiger partial charge is 0.484 e. The fourth-order valence-electron chi connectivity index (χ4n) is 1.33. The van der Waals surface area contributed by atoms with Crippen LogP contribution in [0.3, 0.4) is 0 Å². The van der Waals surface area contributed by atoms with Gasteiger partial charge in [-0.2, -0.15) is 0 Å². The van der Waals surface area contributed by atoms with Gasteiger partial charge < -0.3 is 15.0 Å². The third-order valence-electron chi connectivity index (χ3n) is 2.20. The van der Waals surface area contributed by atoms with Crippen molar-refractivity contribution < 1.29 is 9.53 Å². The van der Waals surface area contributed by atoms with Gasteiger partial charge in [-0.05, 0) is 18.2 Å². The Hall–Kier alpha value is -2.01. The normalized spacial score (nSPS) is 10.1. The number of hydrogen-bond donors (Lipinski definition) is 2. The van der Waals surface area contributed by atoms with E-state index in [1.54, 1.807) is 36.8 Å². The van der Waals surface area contributed by atoms with E-state index in [-0.39, 0.29) is 12.5 Å². The number of rotatable bonds is 5. The summed E-state index contributed by atoms with van der Waals surface area (Å²) in [5.41, 5.74) is 0.839. The molecule has 1 aromatic heterocycles. The topological polar surface area (TPSA) is 67.0 Å². The lowest BCUT2D eigenvalue weighted by Gasteiger charge is -2.06. The molecule has 0 aliphatic heterocycles. The van der Waals surface area contributed by atoms with E-state index in [4.69, 9.17) is 16.3 Å². The summed E-state index contributed by atoms with van der Waals surface area (Å²) in [6.45, 7) is 0.353. The van der Waals surface area contributed by atoms with Crippen LogP contribution in [0.25, 0.3) is 0 Å². The summed E-state index contributed by atoms with van der Waals surface area (Å²) in [6, 6.07) is 6.91. The molecule has 0 unspecified atom stereocenters. The Morgan fingerprint density at radius 1 is 1.50 bits per heavy atom. The predicted octanol–water partition coefficient (Wildman–Crippen LogP) is 1.76. The molecule has 0 saturated carbocycles. The molecule has 0 aliphatic carbocycles. The zero-order valence-corrected chi connectivity index (χ0v) is 10.3. The number of halogens is 1. The van der Waals surface area contributed by atoms with Gasteiger partial charge in [0, 0.05) is 11.2 Å². The molecular formula is C12H12ClN3O2. The van der Waals surface area contributed by atoms with Gasteiger partial charge in [-0.25, -0.2) is 4.98 Å². The number of aromatic amines is 1. The molecule has 0 fully saturated rings. The summed E-state index contributed by atoms with van der Waals surface area (Å²) in [5, 5.41) is 3.28. The quantitative estimate of drug-likeness (QED) is 0.866. The lowest BCUT2D eigenvalue weighted by molar-refractivity contribution is -0.123. The first-order chi connectivity index (χ1) is 8.74. The van der Waals surface area contributed by atoms with E-state index in [1.807, 2.05) is 0 Å². The van der Waals surface area contributed by atoms with Crippen LogP contribution in [0.4, 0.5) is 0 Å².